The molecule has 3 aromatic heterocycles. The molecule has 3 rings (SSSR count). The number of carbonyl (C=O) groups excluding carboxylic acids is 2. The standard InChI is InChI=1S/C15H11F2N5O2S2/c16-14(17)26-13-8(2-1-3-19-13)12(24)22-15-21-10(6-25-15)7-4-9(11(18)23)20-5-7/h1-6,14,20H,(H2,18,23)(H,21,22,24). The molecule has 134 valence electrons. The van der Waals surface area contributed by atoms with Crippen molar-refractivity contribution in [3.05, 3.63) is 47.2 Å². The number of alkyl halides is 2. The largest absolute Gasteiger partial charge is 0.364 e. The zero-order valence-electron chi connectivity index (χ0n) is 12.9. The van der Waals surface area contributed by atoms with Crippen molar-refractivity contribution < 1.29 is 18.4 Å². The summed E-state index contributed by atoms with van der Waals surface area (Å²) in [5, 5.41) is 4.46. The Balaban J connectivity index is 1.77. The van der Waals surface area contributed by atoms with E-state index in [2.05, 4.69) is 20.3 Å². The molecule has 3 heterocycles. The number of amides is 2. The highest BCUT2D eigenvalue weighted by molar-refractivity contribution is 7.99. The van der Waals surface area contributed by atoms with Crippen LogP contribution in [0.25, 0.3) is 11.3 Å². The highest BCUT2D eigenvalue weighted by atomic mass is 32.2. The third-order valence-electron chi connectivity index (χ3n) is 3.19. The molecule has 26 heavy (non-hydrogen) atoms. The fourth-order valence-corrected chi connectivity index (χ4v) is 3.35. The first-order chi connectivity index (χ1) is 12.4. The molecule has 0 fully saturated rings. The lowest BCUT2D eigenvalue weighted by Crippen LogP contribution is -2.13. The van der Waals surface area contributed by atoms with Crippen LogP contribution in [0, 0.1) is 0 Å². The Morgan fingerprint density at radius 3 is 2.88 bits per heavy atom. The lowest BCUT2D eigenvalue weighted by atomic mass is 10.2. The Hall–Kier alpha value is -2.79. The van der Waals surface area contributed by atoms with E-state index in [9.17, 15) is 18.4 Å². The van der Waals surface area contributed by atoms with Gasteiger partial charge < -0.3 is 10.7 Å². The van der Waals surface area contributed by atoms with Crippen LogP contribution in [0.2, 0.25) is 0 Å². The predicted octanol–water partition coefficient (Wildman–Crippen LogP) is 3.20. The van der Waals surface area contributed by atoms with Gasteiger partial charge in [-0.25, -0.2) is 9.97 Å². The SMILES string of the molecule is NC(=O)c1cc(-c2csc(NC(=O)c3cccnc3SC(F)F)n2)c[nH]1. The van der Waals surface area contributed by atoms with E-state index in [0.29, 0.717) is 11.3 Å². The molecule has 0 aliphatic carbocycles. The molecule has 0 saturated heterocycles. The van der Waals surface area contributed by atoms with Crippen molar-refractivity contribution >= 4 is 40.0 Å². The Kier molecular flexibility index (Phi) is 5.28. The number of rotatable bonds is 6. The Labute approximate surface area is 154 Å². The van der Waals surface area contributed by atoms with E-state index in [-0.39, 0.29) is 33.2 Å². The number of hydrogen-bond acceptors (Lipinski definition) is 6. The molecular weight excluding hydrogens is 384 g/mol. The zero-order chi connectivity index (χ0) is 18.7. The number of carbonyl (C=O) groups is 2. The van der Waals surface area contributed by atoms with Gasteiger partial charge in [-0.3, -0.25) is 14.9 Å². The summed E-state index contributed by atoms with van der Waals surface area (Å²) in [6, 6.07) is 4.44. The molecule has 0 spiro atoms. The minimum absolute atomic E-state index is 0.0345. The molecule has 11 heteroatoms. The normalized spacial score (nSPS) is 10.9. The zero-order valence-corrected chi connectivity index (χ0v) is 14.5. The number of anilines is 1. The van der Waals surface area contributed by atoms with Gasteiger partial charge in [0.25, 0.3) is 17.6 Å². The number of pyridine rings is 1. The van der Waals surface area contributed by atoms with Crippen LogP contribution in [-0.2, 0) is 0 Å². The van der Waals surface area contributed by atoms with Gasteiger partial charge in [-0.15, -0.1) is 11.3 Å². The average Bonchev–Trinajstić information content (AvgIpc) is 3.23. The third-order valence-corrected chi connectivity index (χ3v) is 4.67. The number of nitrogens with two attached hydrogens (primary N) is 1. The maximum absolute atomic E-state index is 12.6. The summed E-state index contributed by atoms with van der Waals surface area (Å²) in [4.78, 5) is 34.2. The van der Waals surface area contributed by atoms with Gasteiger partial charge in [0.2, 0.25) is 0 Å². The minimum Gasteiger partial charge on any atom is -0.364 e. The molecule has 4 N–H and O–H groups in total. The lowest BCUT2D eigenvalue weighted by molar-refractivity contribution is 0.0993. The number of H-pyrrole nitrogens is 1. The molecule has 0 radical (unpaired) electrons. The number of aromatic nitrogens is 3. The Morgan fingerprint density at radius 1 is 1.38 bits per heavy atom. The molecule has 0 bridgehead atoms. The summed E-state index contributed by atoms with van der Waals surface area (Å²) in [6.45, 7) is 0. The van der Waals surface area contributed by atoms with Crippen LogP contribution in [0.15, 0.2) is 41.0 Å². The third kappa shape index (κ3) is 4.06. The number of nitrogens with one attached hydrogen (secondary N) is 2. The van der Waals surface area contributed by atoms with Gasteiger partial charge in [0.15, 0.2) is 5.13 Å². The van der Waals surface area contributed by atoms with E-state index < -0.39 is 17.6 Å². The van der Waals surface area contributed by atoms with Crippen molar-refractivity contribution in [2.24, 2.45) is 5.73 Å². The number of primary amides is 1. The Bertz CT molecular complexity index is 957. The highest BCUT2D eigenvalue weighted by Gasteiger charge is 2.18. The second-order valence-corrected chi connectivity index (χ2v) is 6.73. The Morgan fingerprint density at radius 2 is 2.19 bits per heavy atom. The monoisotopic (exact) mass is 395 g/mol. The van der Waals surface area contributed by atoms with Crippen LogP contribution in [0.1, 0.15) is 20.8 Å². The van der Waals surface area contributed by atoms with Crippen molar-refractivity contribution in [2.75, 3.05) is 5.32 Å². The first-order valence-electron chi connectivity index (χ1n) is 7.09. The summed E-state index contributed by atoms with van der Waals surface area (Å²) in [7, 11) is 0. The summed E-state index contributed by atoms with van der Waals surface area (Å²) in [6.07, 6.45) is 2.91. The maximum atomic E-state index is 12.6. The number of thiazole rings is 1. The molecular formula is C15H11F2N5O2S2. The van der Waals surface area contributed by atoms with Crippen LogP contribution >= 0.6 is 23.1 Å². The number of halogens is 2. The first kappa shape index (κ1) is 18.0. The van der Waals surface area contributed by atoms with Crippen LogP contribution in [-0.4, -0.2) is 32.5 Å². The van der Waals surface area contributed by atoms with Gasteiger partial charge in [-0.1, -0.05) is 0 Å². The minimum atomic E-state index is -2.68. The van der Waals surface area contributed by atoms with Gasteiger partial charge >= 0.3 is 0 Å². The molecule has 3 aromatic rings. The second-order valence-electron chi connectivity index (χ2n) is 4.89. The fraction of sp³-hybridized carbons (Fsp3) is 0.0667. The first-order valence-corrected chi connectivity index (χ1v) is 8.85. The van der Waals surface area contributed by atoms with Gasteiger partial charge in [-0.05, 0) is 30.0 Å². The molecule has 0 aromatic carbocycles. The van der Waals surface area contributed by atoms with E-state index >= 15 is 0 Å². The molecule has 0 unspecified atom stereocenters. The van der Waals surface area contributed by atoms with Crippen LogP contribution in [0.5, 0.6) is 0 Å². The van der Waals surface area contributed by atoms with Crippen molar-refractivity contribution in [2.45, 2.75) is 10.8 Å². The van der Waals surface area contributed by atoms with E-state index in [1.165, 1.54) is 18.3 Å². The number of nitrogens with zero attached hydrogens (tertiary/aromatic N) is 2. The molecule has 7 nitrogen and oxygen atoms in total. The van der Waals surface area contributed by atoms with Crippen molar-refractivity contribution in [3.8, 4) is 11.3 Å². The number of thioether (sulfide) groups is 1. The molecule has 0 aliphatic heterocycles. The molecule has 0 saturated carbocycles. The highest BCUT2D eigenvalue weighted by Crippen LogP contribution is 2.28. The second kappa shape index (κ2) is 7.62. The molecule has 0 aliphatic rings. The summed E-state index contributed by atoms with van der Waals surface area (Å²) < 4.78 is 25.2. The molecule has 0 atom stereocenters. The van der Waals surface area contributed by atoms with E-state index in [0.717, 1.165) is 11.3 Å². The summed E-state index contributed by atoms with van der Waals surface area (Å²) in [5.74, 6) is -3.87. The maximum Gasteiger partial charge on any atom is 0.290 e. The number of aromatic amines is 1. The van der Waals surface area contributed by atoms with Gasteiger partial charge in [0, 0.05) is 23.3 Å². The fourth-order valence-electron chi connectivity index (χ4n) is 2.05. The molecule has 2 amide bonds. The predicted molar refractivity (Wildman–Crippen MR) is 94.5 cm³/mol. The summed E-state index contributed by atoms with van der Waals surface area (Å²) in [5.41, 5.74) is 6.62. The van der Waals surface area contributed by atoms with E-state index in [1.807, 2.05) is 0 Å². The van der Waals surface area contributed by atoms with Crippen LogP contribution < -0.4 is 11.1 Å². The van der Waals surface area contributed by atoms with Crippen molar-refractivity contribution in [1.82, 2.24) is 15.0 Å². The number of hydrogen-bond donors (Lipinski definition) is 3. The van der Waals surface area contributed by atoms with Crippen LogP contribution in [0.3, 0.4) is 0 Å². The summed E-state index contributed by atoms with van der Waals surface area (Å²) >= 11 is 1.36. The average molecular weight is 395 g/mol. The smallest absolute Gasteiger partial charge is 0.290 e. The van der Waals surface area contributed by atoms with Gasteiger partial charge in [0.1, 0.15) is 10.7 Å². The van der Waals surface area contributed by atoms with E-state index in [1.54, 1.807) is 17.6 Å². The van der Waals surface area contributed by atoms with Crippen LogP contribution in [0.4, 0.5) is 13.9 Å². The van der Waals surface area contributed by atoms with Crippen molar-refractivity contribution in [3.63, 3.8) is 0 Å². The topological polar surface area (TPSA) is 114 Å². The van der Waals surface area contributed by atoms with Crippen molar-refractivity contribution in [1.29, 1.82) is 0 Å². The van der Waals surface area contributed by atoms with Gasteiger partial charge in [0.05, 0.1) is 11.3 Å². The quantitative estimate of drug-likeness (QED) is 0.555. The lowest BCUT2D eigenvalue weighted by Gasteiger charge is -2.06. The van der Waals surface area contributed by atoms with Gasteiger partial charge in [-0.2, -0.15) is 8.78 Å². The van der Waals surface area contributed by atoms with E-state index in [4.69, 9.17) is 5.73 Å².